The molecule has 0 spiro atoms. The summed E-state index contributed by atoms with van der Waals surface area (Å²) < 4.78 is 10.1. The normalized spacial score (nSPS) is 21.8. The van der Waals surface area contributed by atoms with E-state index in [2.05, 4.69) is 15.0 Å². The van der Waals surface area contributed by atoms with E-state index in [9.17, 15) is 9.59 Å². The Labute approximate surface area is 121 Å². The summed E-state index contributed by atoms with van der Waals surface area (Å²) in [6, 6.07) is 0.163. The highest BCUT2D eigenvalue weighted by atomic mass is 32.1. The zero-order chi connectivity index (χ0) is 14.7. The second-order valence-corrected chi connectivity index (χ2v) is 5.70. The van der Waals surface area contributed by atoms with Crippen LogP contribution in [0.3, 0.4) is 0 Å². The number of carbonyl (C=O) groups is 2. The molecule has 1 aromatic rings. The lowest BCUT2D eigenvalue weighted by Gasteiger charge is -2.18. The maximum absolute atomic E-state index is 11.6. The summed E-state index contributed by atoms with van der Waals surface area (Å²) in [6.07, 6.45) is 3.22. The van der Waals surface area contributed by atoms with Gasteiger partial charge in [-0.25, -0.2) is 9.78 Å². The van der Waals surface area contributed by atoms with Crippen LogP contribution in [0.4, 0.5) is 5.13 Å². The lowest BCUT2D eigenvalue weighted by atomic mass is 10.2. The third-order valence-corrected chi connectivity index (χ3v) is 4.48. The molecular formula is C13H18N2O4S. The van der Waals surface area contributed by atoms with Crippen molar-refractivity contribution in [1.29, 1.82) is 0 Å². The van der Waals surface area contributed by atoms with Gasteiger partial charge in [0.15, 0.2) is 16.6 Å². The summed E-state index contributed by atoms with van der Waals surface area (Å²) in [7, 11) is 2.96. The number of methoxy groups -OCH3 is 2. The molecule has 1 aliphatic rings. The SMILES string of the molecule is COC(=O)c1nc(NC2CCCC2OC)sc1C(C)=O. The molecule has 110 valence electrons. The minimum absolute atomic E-state index is 0.0828. The third kappa shape index (κ3) is 2.99. The molecule has 2 atom stereocenters. The highest BCUT2D eigenvalue weighted by Crippen LogP contribution is 2.29. The van der Waals surface area contributed by atoms with Gasteiger partial charge < -0.3 is 14.8 Å². The summed E-state index contributed by atoms with van der Waals surface area (Å²) in [5, 5.41) is 3.82. The van der Waals surface area contributed by atoms with Crippen LogP contribution in [0.2, 0.25) is 0 Å². The minimum Gasteiger partial charge on any atom is -0.464 e. The smallest absolute Gasteiger partial charge is 0.358 e. The molecular weight excluding hydrogens is 280 g/mol. The second kappa shape index (κ2) is 6.32. The van der Waals surface area contributed by atoms with Gasteiger partial charge in [0.25, 0.3) is 0 Å². The molecule has 1 aliphatic carbocycles. The fourth-order valence-corrected chi connectivity index (χ4v) is 3.30. The van der Waals surface area contributed by atoms with Gasteiger partial charge in [0, 0.05) is 14.0 Å². The molecule has 1 heterocycles. The molecule has 0 bridgehead atoms. The summed E-state index contributed by atoms with van der Waals surface area (Å²) >= 11 is 1.18. The van der Waals surface area contributed by atoms with Gasteiger partial charge in [-0.15, -0.1) is 0 Å². The number of ketones is 1. The Kier molecular flexibility index (Phi) is 4.72. The first-order valence-corrected chi connectivity index (χ1v) is 7.28. The van der Waals surface area contributed by atoms with E-state index in [1.54, 1.807) is 7.11 Å². The summed E-state index contributed by atoms with van der Waals surface area (Å²) in [6.45, 7) is 1.41. The zero-order valence-electron chi connectivity index (χ0n) is 11.8. The molecule has 0 amide bonds. The van der Waals surface area contributed by atoms with Crippen LogP contribution in [0.5, 0.6) is 0 Å². The van der Waals surface area contributed by atoms with E-state index < -0.39 is 5.97 Å². The van der Waals surface area contributed by atoms with Crippen molar-refractivity contribution < 1.29 is 19.1 Å². The maximum Gasteiger partial charge on any atom is 0.358 e. The molecule has 2 unspecified atom stereocenters. The Balaban J connectivity index is 2.20. The molecule has 0 saturated heterocycles. The average molecular weight is 298 g/mol. The maximum atomic E-state index is 11.6. The first-order chi connectivity index (χ1) is 9.56. The Morgan fingerprint density at radius 2 is 2.10 bits per heavy atom. The van der Waals surface area contributed by atoms with E-state index in [0.29, 0.717) is 10.0 Å². The van der Waals surface area contributed by atoms with Gasteiger partial charge in [0.05, 0.1) is 19.3 Å². The number of rotatable bonds is 5. The largest absolute Gasteiger partial charge is 0.464 e. The van der Waals surface area contributed by atoms with E-state index in [1.165, 1.54) is 25.4 Å². The molecule has 1 aromatic heterocycles. The molecule has 0 aromatic carbocycles. The number of carbonyl (C=O) groups excluding carboxylic acids is 2. The number of hydrogen-bond acceptors (Lipinski definition) is 7. The summed E-state index contributed by atoms with van der Waals surface area (Å²) in [5.74, 6) is -0.778. The second-order valence-electron chi connectivity index (χ2n) is 4.70. The van der Waals surface area contributed by atoms with Crippen molar-refractivity contribution in [3.8, 4) is 0 Å². The van der Waals surface area contributed by atoms with Crippen molar-refractivity contribution in [3.05, 3.63) is 10.6 Å². The number of anilines is 1. The zero-order valence-corrected chi connectivity index (χ0v) is 12.6. The summed E-state index contributed by atoms with van der Waals surface area (Å²) in [5.41, 5.74) is 0.0828. The number of nitrogens with zero attached hydrogens (tertiary/aromatic N) is 1. The van der Waals surface area contributed by atoms with Crippen molar-refractivity contribution in [2.24, 2.45) is 0 Å². The molecule has 0 aliphatic heterocycles. The molecule has 1 saturated carbocycles. The molecule has 7 heteroatoms. The van der Waals surface area contributed by atoms with Crippen molar-refractivity contribution in [2.75, 3.05) is 19.5 Å². The average Bonchev–Trinajstić information content (AvgIpc) is 3.04. The van der Waals surface area contributed by atoms with Crippen molar-refractivity contribution in [2.45, 2.75) is 38.3 Å². The van der Waals surface area contributed by atoms with Crippen LogP contribution in [0.25, 0.3) is 0 Å². The lowest BCUT2D eigenvalue weighted by Crippen LogP contribution is -2.29. The van der Waals surface area contributed by atoms with Crippen LogP contribution < -0.4 is 5.32 Å². The van der Waals surface area contributed by atoms with Crippen LogP contribution in [-0.4, -0.2) is 43.1 Å². The predicted octanol–water partition coefficient (Wildman–Crippen LogP) is 2.11. The number of Topliss-reactive ketones (excluding diaryl/α,β-unsaturated/α-hetero) is 1. The van der Waals surface area contributed by atoms with Gasteiger partial charge in [-0.1, -0.05) is 11.3 Å². The quantitative estimate of drug-likeness (QED) is 0.662. The Hall–Kier alpha value is -1.47. The minimum atomic E-state index is -0.589. The Bertz CT molecular complexity index is 514. The van der Waals surface area contributed by atoms with Crippen LogP contribution in [0.15, 0.2) is 0 Å². The Morgan fingerprint density at radius 1 is 1.35 bits per heavy atom. The predicted molar refractivity (Wildman–Crippen MR) is 75.5 cm³/mol. The van der Waals surface area contributed by atoms with E-state index in [1.807, 2.05) is 0 Å². The Morgan fingerprint density at radius 3 is 2.70 bits per heavy atom. The number of aromatic nitrogens is 1. The van der Waals surface area contributed by atoms with Gasteiger partial charge in [-0.3, -0.25) is 4.79 Å². The number of thiazole rings is 1. The lowest BCUT2D eigenvalue weighted by molar-refractivity contribution is 0.0591. The van der Waals surface area contributed by atoms with Crippen molar-refractivity contribution >= 4 is 28.2 Å². The highest BCUT2D eigenvalue weighted by molar-refractivity contribution is 7.17. The van der Waals surface area contributed by atoms with Gasteiger partial charge >= 0.3 is 5.97 Å². The monoisotopic (exact) mass is 298 g/mol. The van der Waals surface area contributed by atoms with E-state index in [-0.39, 0.29) is 23.6 Å². The topological polar surface area (TPSA) is 77.5 Å². The van der Waals surface area contributed by atoms with E-state index in [4.69, 9.17) is 4.74 Å². The highest BCUT2D eigenvalue weighted by Gasteiger charge is 2.29. The summed E-state index contributed by atoms with van der Waals surface area (Å²) in [4.78, 5) is 27.7. The number of nitrogens with one attached hydrogen (secondary N) is 1. The standard InChI is InChI=1S/C13H18N2O4S/c1-7(16)11-10(12(17)19-3)15-13(20-11)14-8-5-4-6-9(8)18-2/h8-9H,4-6H2,1-3H3,(H,14,15). The third-order valence-electron chi connectivity index (χ3n) is 3.39. The van der Waals surface area contributed by atoms with Crippen LogP contribution >= 0.6 is 11.3 Å². The first kappa shape index (κ1) is 14.9. The van der Waals surface area contributed by atoms with Gasteiger partial charge in [0.2, 0.25) is 0 Å². The molecule has 2 rings (SSSR count). The van der Waals surface area contributed by atoms with E-state index >= 15 is 0 Å². The molecule has 0 radical (unpaired) electrons. The van der Waals surface area contributed by atoms with Crippen molar-refractivity contribution in [3.63, 3.8) is 0 Å². The van der Waals surface area contributed by atoms with Crippen LogP contribution in [0.1, 0.15) is 46.3 Å². The molecule has 20 heavy (non-hydrogen) atoms. The fraction of sp³-hybridized carbons (Fsp3) is 0.615. The van der Waals surface area contributed by atoms with Crippen LogP contribution in [-0.2, 0) is 9.47 Å². The number of esters is 1. The van der Waals surface area contributed by atoms with Crippen molar-refractivity contribution in [1.82, 2.24) is 4.98 Å². The molecule has 1 fully saturated rings. The van der Waals surface area contributed by atoms with E-state index in [0.717, 1.165) is 19.3 Å². The number of hydrogen-bond donors (Lipinski definition) is 1. The van der Waals surface area contributed by atoms with Gasteiger partial charge in [0.1, 0.15) is 4.88 Å². The molecule has 6 nitrogen and oxygen atoms in total. The number of ether oxygens (including phenoxy) is 2. The van der Waals surface area contributed by atoms with Crippen LogP contribution in [0, 0.1) is 0 Å². The molecule has 1 N–H and O–H groups in total. The fourth-order valence-electron chi connectivity index (χ4n) is 2.39. The van der Waals surface area contributed by atoms with Gasteiger partial charge in [-0.05, 0) is 19.3 Å². The van der Waals surface area contributed by atoms with Gasteiger partial charge in [-0.2, -0.15) is 0 Å². The first-order valence-electron chi connectivity index (χ1n) is 6.46.